The molecule has 1 aromatic carbocycles. The fraction of sp³-hybridized carbons (Fsp3) is 0.350. The lowest BCUT2D eigenvalue weighted by Crippen LogP contribution is -2.58. The molecular weight excluding hydrogens is 444 g/mol. The van der Waals surface area contributed by atoms with E-state index in [2.05, 4.69) is 10.3 Å². The van der Waals surface area contributed by atoms with Crippen molar-refractivity contribution in [3.63, 3.8) is 0 Å². The van der Waals surface area contributed by atoms with Gasteiger partial charge in [-0.2, -0.15) is 9.30 Å². The fourth-order valence-corrected chi connectivity index (χ4v) is 5.23. The van der Waals surface area contributed by atoms with Crippen molar-refractivity contribution >= 4 is 45.0 Å². The number of aliphatic imine (C=N–C) groups is 1. The second kappa shape index (κ2) is 8.19. The summed E-state index contributed by atoms with van der Waals surface area (Å²) in [6, 6.07) is 4.16. The van der Waals surface area contributed by atoms with Gasteiger partial charge in [-0.05, 0) is 37.3 Å². The van der Waals surface area contributed by atoms with E-state index in [-0.39, 0.29) is 35.1 Å². The summed E-state index contributed by atoms with van der Waals surface area (Å²) in [6.45, 7) is 2.78. The maximum Gasteiger partial charge on any atom is 0.250 e. The van der Waals surface area contributed by atoms with Crippen LogP contribution in [0, 0.1) is 0 Å². The lowest BCUT2D eigenvalue weighted by Gasteiger charge is -2.41. The number of hydrogen-bond acceptors (Lipinski definition) is 6. The van der Waals surface area contributed by atoms with Gasteiger partial charge in [0.2, 0.25) is 10.0 Å². The number of nitrogens with one attached hydrogen (secondary N) is 1. The van der Waals surface area contributed by atoms with E-state index in [1.807, 2.05) is 0 Å². The summed E-state index contributed by atoms with van der Waals surface area (Å²) in [5, 5.41) is 2.89. The summed E-state index contributed by atoms with van der Waals surface area (Å²) in [7, 11) is -3.77. The summed E-state index contributed by atoms with van der Waals surface area (Å²) >= 11 is 6.25. The fourth-order valence-electron chi connectivity index (χ4n) is 3.63. The molecule has 0 radical (unpaired) electrons. The van der Waals surface area contributed by atoms with Crippen LogP contribution in [0.2, 0.25) is 5.02 Å². The maximum atomic E-state index is 13.3. The van der Waals surface area contributed by atoms with E-state index in [0.29, 0.717) is 19.0 Å². The largest absolute Gasteiger partial charge is 0.379 e. The van der Waals surface area contributed by atoms with Crippen LogP contribution in [0.1, 0.15) is 13.3 Å². The Morgan fingerprint density at radius 3 is 2.74 bits per heavy atom. The molecule has 4 rings (SSSR count). The first kappa shape index (κ1) is 21.7. The third kappa shape index (κ3) is 4.03. The third-order valence-corrected chi connectivity index (χ3v) is 7.61. The van der Waals surface area contributed by atoms with Gasteiger partial charge in [-0.1, -0.05) is 17.7 Å². The molecule has 0 spiro atoms. The molecule has 0 aliphatic carbocycles. The van der Waals surface area contributed by atoms with E-state index >= 15 is 0 Å². The second-order valence-electron chi connectivity index (χ2n) is 7.50. The molecular formula is C20H21ClN4O5S. The molecule has 9 nitrogen and oxygen atoms in total. The number of amidine groups is 1. The minimum atomic E-state index is -3.77. The maximum absolute atomic E-state index is 13.3. The van der Waals surface area contributed by atoms with Gasteiger partial charge in [0.1, 0.15) is 11.4 Å². The van der Waals surface area contributed by atoms with Crippen molar-refractivity contribution in [2.45, 2.75) is 23.8 Å². The highest BCUT2D eigenvalue weighted by molar-refractivity contribution is 7.89. The zero-order valence-corrected chi connectivity index (χ0v) is 18.3. The molecule has 1 aromatic rings. The van der Waals surface area contributed by atoms with Crippen molar-refractivity contribution in [1.29, 1.82) is 0 Å². The van der Waals surface area contributed by atoms with E-state index in [9.17, 15) is 18.0 Å². The number of fused-ring (bicyclic) bond motifs is 1. The van der Waals surface area contributed by atoms with Crippen molar-refractivity contribution < 1.29 is 22.7 Å². The van der Waals surface area contributed by atoms with Crippen LogP contribution in [0.5, 0.6) is 0 Å². The first-order valence-corrected chi connectivity index (χ1v) is 11.5. The van der Waals surface area contributed by atoms with Crippen molar-refractivity contribution in [1.82, 2.24) is 9.21 Å². The van der Waals surface area contributed by atoms with Crippen molar-refractivity contribution in [2.24, 2.45) is 4.99 Å². The average molecular weight is 465 g/mol. The van der Waals surface area contributed by atoms with E-state index in [4.69, 9.17) is 16.3 Å². The minimum Gasteiger partial charge on any atom is -0.379 e. The van der Waals surface area contributed by atoms with Gasteiger partial charge in [-0.15, -0.1) is 0 Å². The van der Waals surface area contributed by atoms with E-state index in [1.54, 1.807) is 36.3 Å². The second-order valence-corrected chi connectivity index (χ2v) is 9.84. The number of halogens is 1. The van der Waals surface area contributed by atoms with E-state index in [0.717, 1.165) is 0 Å². The molecule has 1 N–H and O–H groups in total. The molecule has 1 atom stereocenters. The summed E-state index contributed by atoms with van der Waals surface area (Å²) in [5.41, 5.74) is -1.10. The quantitative estimate of drug-likeness (QED) is 0.727. The van der Waals surface area contributed by atoms with Crippen LogP contribution in [-0.2, 0) is 24.3 Å². The molecule has 3 aliphatic rings. The summed E-state index contributed by atoms with van der Waals surface area (Å²) < 4.78 is 32.5. The highest BCUT2D eigenvalue weighted by Crippen LogP contribution is 2.32. The molecule has 164 valence electrons. The molecule has 1 fully saturated rings. The highest BCUT2D eigenvalue weighted by Gasteiger charge is 2.45. The van der Waals surface area contributed by atoms with Gasteiger partial charge >= 0.3 is 0 Å². The first-order chi connectivity index (χ1) is 14.7. The lowest BCUT2D eigenvalue weighted by atomic mass is 9.91. The monoisotopic (exact) mass is 464 g/mol. The molecule has 1 unspecified atom stereocenters. The van der Waals surface area contributed by atoms with Gasteiger partial charge in [0, 0.05) is 19.3 Å². The van der Waals surface area contributed by atoms with Crippen LogP contribution in [0.25, 0.3) is 0 Å². The molecule has 31 heavy (non-hydrogen) atoms. The predicted molar refractivity (Wildman–Crippen MR) is 115 cm³/mol. The number of sulfonamides is 1. The summed E-state index contributed by atoms with van der Waals surface area (Å²) in [4.78, 5) is 31.0. The van der Waals surface area contributed by atoms with Crippen molar-refractivity contribution in [3.8, 4) is 0 Å². The normalized spacial score (nSPS) is 24.0. The van der Waals surface area contributed by atoms with Crippen molar-refractivity contribution in [2.75, 3.05) is 31.6 Å². The topological polar surface area (TPSA) is 108 Å². The van der Waals surface area contributed by atoms with Crippen LogP contribution in [0.3, 0.4) is 0 Å². The van der Waals surface area contributed by atoms with Crippen LogP contribution in [0.4, 0.5) is 5.69 Å². The summed E-state index contributed by atoms with van der Waals surface area (Å²) in [5.74, 6) is -0.555. The Hall–Kier alpha value is -2.53. The minimum absolute atomic E-state index is 0.0158. The standard InChI is InChI=1S/C20H21ClN4O5S/c1-20(13-18(26)23-17-4-2-3-7-25(17)20)19(27)22-16-12-14(5-6-15(16)21)31(28,29)24-8-10-30-11-9-24/h2-7,12H,8-11,13H2,1H3,(H,22,27). The number of allylic oxidation sites excluding steroid dienone is 2. The molecule has 3 aliphatic heterocycles. The van der Waals surface area contributed by atoms with E-state index < -0.39 is 27.4 Å². The molecule has 0 aromatic heterocycles. The Kier molecular flexibility index (Phi) is 5.73. The van der Waals surface area contributed by atoms with Crippen LogP contribution >= 0.6 is 11.6 Å². The van der Waals surface area contributed by atoms with Gasteiger partial charge in [0.05, 0.1) is 35.2 Å². The third-order valence-electron chi connectivity index (χ3n) is 5.39. The Morgan fingerprint density at radius 2 is 2.00 bits per heavy atom. The lowest BCUT2D eigenvalue weighted by molar-refractivity contribution is -0.130. The van der Waals surface area contributed by atoms with Gasteiger partial charge in [0.25, 0.3) is 11.8 Å². The molecule has 0 bridgehead atoms. The molecule has 1 saturated heterocycles. The number of amides is 2. The SMILES string of the molecule is CC1(C(=O)Nc2cc(S(=O)(=O)N3CCOCC3)ccc2Cl)CC(=O)N=C2C=CC=CN21. The highest BCUT2D eigenvalue weighted by atomic mass is 35.5. The number of carbonyl (C=O) groups is 2. The number of nitrogens with zero attached hydrogens (tertiary/aromatic N) is 3. The van der Waals surface area contributed by atoms with E-state index in [1.165, 1.54) is 22.5 Å². The zero-order valence-electron chi connectivity index (χ0n) is 16.7. The van der Waals surface area contributed by atoms with Crippen LogP contribution in [-0.4, -0.2) is 67.1 Å². The molecule has 3 heterocycles. The number of ether oxygens (including phenoxy) is 1. The Morgan fingerprint density at radius 1 is 1.26 bits per heavy atom. The number of benzene rings is 1. The average Bonchev–Trinajstić information content (AvgIpc) is 2.75. The van der Waals surface area contributed by atoms with Gasteiger partial charge < -0.3 is 15.0 Å². The number of rotatable bonds is 4. The zero-order chi connectivity index (χ0) is 22.2. The molecule has 0 saturated carbocycles. The smallest absolute Gasteiger partial charge is 0.250 e. The predicted octanol–water partition coefficient (Wildman–Crippen LogP) is 1.77. The number of carbonyl (C=O) groups excluding carboxylic acids is 2. The van der Waals surface area contributed by atoms with Gasteiger partial charge in [-0.25, -0.2) is 8.42 Å². The molecule has 11 heteroatoms. The Labute approximate surface area is 185 Å². The summed E-state index contributed by atoms with van der Waals surface area (Å²) in [6.07, 6.45) is 6.65. The van der Waals surface area contributed by atoms with Crippen LogP contribution < -0.4 is 5.32 Å². The Bertz CT molecular complexity index is 1120. The van der Waals surface area contributed by atoms with Gasteiger partial charge in [0.15, 0.2) is 0 Å². The number of morpholine rings is 1. The van der Waals surface area contributed by atoms with Crippen LogP contribution in [0.15, 0.2) is 52.5 Å². The Balaban J connectivity index is 1.62. The first-order valence-electron chi connectivity index (χ1n) is 9.66. The number of anilines is 1. The number of hydrogen-bond donors (Lipinski definition) is 1. The van der Waals surface area contributed by atoms with Gasteiger partial charge in [-0.3, -0.25) is 9.59 Å². The molecule has 2 amide bonds. The van der Waals surface area contributed by atoms with Crippen molar-refractivity contribution in [3.05, 3.63) is 47.6 Å².